The average molecular weight is 606 g/mol. The summed E-state index contributed by atoms with van der Waals surface area (Å²) in [6.07, 6.45) is 8.34. The highest BCUT2D eigenvalue weighted by molar-refractivity contribution is 5.74. The molecule has 2 aromatic rings. The van der Waals surface area contributed by atoms with Gasteiger partial charge in [-0.1, -0.05) is 6.07 Å². The molecule has 3 heterocycles. The number of carbonyl (C=O) groups is 1. The lowest BCUT2D eigenvalue weighted by molar-refractivity contribution is -0.167. The summed E-state index contributed by atoms with van der Waals surface area (Å²) in [6.45, 7) is 13.8. The molecule has 2 aliphatic rings. The number of aromatic nitrogens is 2. The fourth-order valence-electron chi connectivity index (χ4n) is 6.01. The number of pyridine rings is 2. The van der Waals surface area contributed by atoms with Gasteiger partial charge in [-0.15, -0.1) is 0 Å². The molecular weight excluding hydrogens is 554 g/mol. The summed E-state index contributed by atoms with van der Waals surface area (Å²) >= 11 is 0. The fraction of sp³-hybridized carbons (Fsp3) is 0.657. The minimum Gasteiger partial charge on any atom is -0.458 e. The number of ether oxygens (including phenoxy) is 3. The zero-order chi connectivity index (χ0) is 31.7. The van der Waals surface area contributed by atoms with E-state index in [1.165, 1.54) is 0 Å². The number of carbonyl (C=O) groups excluding carboxylic acids is 1. The summed E-state index contributed by atoms with van der Waals surface area (Å²) in [7, 11) is 0. The summed E-state index contributed by atoms with van der Waals surface area (Å²) < 4.78 is 16.7. The van der Waals surface area contributed by atoms with Gasteiger partial charge in [0.05, 0.1) is 23.8 Å². The molecule has 0 unspecified atom stereocenters. The van der Waals surface area contributed by atoms with Gasteiger partial charge in [-0.25, -0.2) is 9.78 Å². The molecule has 0 spiro atoms. The molecule has 2 fully saturated rings. The predicted octanol–water partition coefficient (Wildman–Crippen LogP) is 6.01. The Kier molecular flexibility index (Phi) is 11.8. The minimum atomic E-state index is -0.581. The van der Waals surface area contributed by atoms with Crippen molar-refractivity contribution in [3.05, 3.63) is 41.7 Å². The smallest absolute Gasteiger partial charge is 0.335 e. The molecule has 9 nitrogen and oxygen atoms in total. The van der Waals surface area contributed by atoms with Crippen molar-refractivity contribution in [1.29, 1.82) is 5.26 Å². The molecule has 240 valence electrons. The van der Waals surface area contributed by atoms with Crippen LogP contribution >= 0.6 is 0 Å². The second-order valence-electron chi connectivity index (χ2n) is 13.8. The monoisotopic (exact) mass is 605 g/mol. The third kappa shape index (κ3) is 9.98. The van der Waals surface area contributed by atoms with Crippen LogP contribution in [-0.4, -0.2) is 66.1 Å². The lowest BCUT2D eigenvalue weighted by Crippen LogP contribution is -2.42. The van der Waals surface area contributed by atoms with Crippen LogP contribution in [-0.2, 0) is 25.4 Å². The van der Waals surface area contributed by atoms with Crippen LogP contribution in [0.2, 0.25) is 0 Å². The lowest BCUT2D eigenvalue weighted by atomic mass is 9.82. The third-order valence-electron chi connectivity index (χ3n) is 8.68. The van der Waals surface area contributed by atoms with E-state index in [1.54, 1.807) is 6.92 Å². The molecule has 0 radical (unpaired) electrons. The number of rotatable bonds is 12. The van der Waals surface area contributed by atoms with Gasteiger partial charge in [0.2, 0.25) is 0 Å². The summed E-state index contributed by atoms with van der Waals surface area (Å²) in [5.74, 6) is 1.06. The number of esters is 1. The molecule has 1 saturated carbocycles. The van der Waals surface area contributed by atoms with Crippen molar-refractivity contribution in [2.24, 2.45) is 11.3 Å². The molecule has 1 saturated heterocycles. The summed E-state index contributed by atoms with van der Waals surface area (Å²) in [4.78, 5) is 21.9. The van der Waals surface area contributed by atoms with Crippen molar-refractivity contribution >= 4 is 11.8 Å². The number of hydrogen-bond acceptors (Lipinski definition) is 9. The second kappa shape index (κ2) is 15.3. The van der Waals surface area contributed by atoms with Gasteiger partial charge in [0, 0.05) is 49.3 Å². The van der Waals surface area contributed by atoms with E-state index >= 15 is 0 Å². The van der Waals surface area contributed by atoms with E-state index < -0.39 is 17.1 Å². The van der Waals surface area contributed by atoms with Crippen molar-refractivity contribution in [2.75, 3.05) is 31.7 Å². The first-order valence-electron chi connectivity index (χ1n) is 16.2. The van der Waals surface area contributed by atoms with Crippen LogP contribution in [0.5, 0.6) is 0 Å². The van der Waals surface area contributed by atoms with E-state index in [4.69, 9.17) is 24.2 Å². The Balaban J connectivity index is 1.26. The fourth-order valence-corrected chi connectivity index (χ4v) is 6.01. The molecule has 2 aromatic heterocycles. The van der Waals surface area contributed by atoms with E-state index in [-0.39, 0.29) is 12.0 Å². The van der Waals surface area contributed by atoms with Crippen LogP contribution in [0.1, 0.15) is 84.4 Å². The van der Waals surface area contributed by atoms with E-state index in [0.717, 1.165) is 73.3 Å². The SMILES string of the molecule is Cc1cnc(CC2CCC(N[C@@H](C)CO[C@@H](C)C(=O)OC(C)(C)C)CC2)cc1-c1cccc(NCC2(C#N)CCOCC2)n1. The number of aryl methyl sites for hydroxylation is 1. The van der Waals surface area contributed by atoms with Crippen LogP contribution in [0.4, 0.5) is 5.82 Å². The molecule has 0 bridgehead atoms. The Morgan fingerprint density at radius 1 is 1.18 bits per heavy atom. The maximum Gasteiger partial charge on any atom is 0.335 e. The van der Waals surface area contributed by atoms with Crippen molar-refractivity contribution < 1.29 is 19.0 Å². The van der Waals surface area contributed by atoms with Gasteiger partial charge in [-0.2, -0.15) is 5.26 Å². The largest absolute Gasteiger partial charge is 0.458 e. The topological polar surface area (TPSA) is 118 Å². The maximum absolute atomic E-state index is 12.2. The van der Waals surface area contributed by atoms with Gasteiger partial charge in [0.1, 0.15) is 11.4 Å². The number of nitrogens with zero attached hydrogens (tertiary/aromatic N) is 3. The van der Waals surface area contributed by atoms with E-state index in [0.29, 0.717) is 38.3 Å². The highest BCUT2D eigenvalue weighted by Gasteiger charge is 2.32. The van der Waals surface area contributed by atoms with Crippen LogP contribution in [0.25, 0.3) is 11.3 Å². The number of hydrogen-bond donors (Lipinski definition) is 2. The zero-order valence-corrected chi connectivity index (χ0v) is 27.4. The minimum absolute atomic E-state index is 0.155. The molecule has 44 heavy (non-hydrogen) atoms. The lowest BCUT2D eigenvalue weighted by Gasteiger charge is -2.31. The summed E-state index contributed by atoms with van der Waals surface area (Å²) in [5, 5.41) is 16.9. The second-order valence-corrected chi connectivity index (χ2v) is 13.8. The van der Waals surface area contributed by atoms with Crippen molar-refractivity contribution in [3.8, 4) is 17.3 Å². The van der Waals surface area contributed by atoms with Crippen molar-refractivity contribution in [2.45, 2.75) is 110 Å². The first-order chi connectivity index (χ1) is 20.9. The molecule has 9 heteroatoms. The molecular formula is C35H51N5O4. The molecule has 4 rings (SSSR count). The third-order valence-corrected chi connectivity index (χ3v) is 8.68. The Morgan fingerprint density at radius 2 is 1.91 bits per heavy atom. The van der Waals surface area contributed by atoms with Crippen LogP contribution in [0.3, 0.4) is 0 Å². The highest BCUT2D eigenvalue weighted by atomic mass is 16.6. The Labute approximate surface area is 263 Å². The summed E-state index contributed by atoms with van der Waals surface area (Å²) in [6, 6.07) is 11.3. The Hall–Kier alpha value is -3.06. The molecule has 1 aliphatic heterocycles. The van der Waals surface area contributed by atoms with Crippen LogP contribution in [0, 0.1) is 29.6 Å². The van der Waals surface area contributed by atoms with Gasteiger partial charge in [0.25, 0.3) is 0 Å². The van der Waals surface area contributed by atoms with Gasteiger partial charge < -0.3 is 24.8 Å². The first-order valence-corrected chi connectivity index (χ1v) is 16.2. The standard InChI is InChI=1S/C35H51N5O4/c1-24-20-37-29(19-30(24)31-8-7-9-32(40-31)38-23-35(22-36)14-16-42-17-15-35)18-27-10-12-28(13-11-27)39-25(2)21-43-26(3)33(41)44-34(4,5)6/h7-9,19-20,25-28,39H,10-18,21,23H2,1-6H3,(H,38,40)/t25-,26-,27?,28?/m0/s1. The van der Waals surface area contributed by atoms with Crippen LogP contribution in [0.15, 0.2) is 30.5 Å². The molecule has 0 amide bonds. The van der Waals surface area contributed by atoms with Crippen LogP contribution < -0.4 is 10.6 Å². The van der Waals surface area contributed by atoms with E-state index in [1.807, 2.05) is 45.2 Å². The van der Waals surface area contributed by atoms with Gasteiger partial charge in [-0.3, -0.25) is 4.98 Å². The molecule has 1 aliphatic carbocycles. The van der Waals surface area contributed by atoms with Crippen molar-refractivity contribution in [3.63, 3.8) is 0 Å². The van der Waals surface area contributed by atoms with Gasteiger partial charge in [-0.05, 0) is 116 Å². The maximum atomic E-state index is 12.2. The normalized spacial score (nSPS) is 21.6. The quantitative estimate of drug-likeness (QED) is 0.280. The van der Waals surface area contributed by atoms with E-state index in [2.05, 4.69) is 36.6 Å². The summed E-state index contributed by atoms with van der Waals surface area (Å²) in [5.41, 5.74) is 3.30. The van der Waals surface area contributed by atoms with Gasteiger partial charge in [0.15, 0.2) is 6.10 Å². The number of nitrogens with one attached hydrogen (secondary N) is 2. The Morgan fingerprint density at radius 3 is 2.59 bits per heavy atom. The average Bonchev–Trinajstić information content (AvgIpc) is 3.00. The van der Waals surface area contributed by atoms with E-state index in [9.17, 15) is 10.1 Å². The molecule has 2 N–H and O–H groups in total. The molecule has 0 aromatic carbocycles. The predicted molar refractivity (Wildman–Crippen MR) is 172 cm³/mol. The number of nitriles is 1. The molecule has 2 atom stereocenters. The van der Waals surface area contributed by atoms with Crippen molar-refractivity contribution in [1.82, 2.24) is 15.3 Å². The number of anilines is 1. The zero-order valence-electron chi connectivity index (χ0n) is 27.4. The van der Waals surface area contributed by atoms with Gasteiger partial charge >= 0.3 is 5.97 Å². The first kappa shape index (κ1) is 33.8. The highest BCUT2D eigenvalue weighted by Crippen LogP contribution is 2.31. The Bertz CT molecular complexity index is 1270.